The highest BCUT2D eigenvalue weighted by molar-refractivity contribution is 7.89. The normalized spacial score (nSPS) is 17.9. The van der Waals surface area contributed by atoms with E-state index in [0.717, 1.165) is 32.4 Å². The highest BCUT2D eigenvalue weighted by atomic mass is 32.2. The van der Waals surface area contributed by atoms with Crippen LogP contribution in [-0.4, -0.2) is 39.7 Å². The molecule has 1 rings (SSSR count). The van der Waals surface area contributed by atoms with Crippen LogP contribution in [0.4, 0.5) is 0 Å². The average Bonchev–Trinajstić information content (AvgIpc) is 2.26. The molecule has 7 heteroatoms. The maximum absolute atomic E-state index is 11.4. The van der Waals surface area contributed by atoms with Gasteiger partial charge in [0.15, 0.2) is 0 Å². The van der Waals surface area contributed by atoms with Gasteiger partial charge in [0.25, 0.3) is 0 Å². The number of sulfonamides is 1. The minimum absolute atomic E-state index is 0.0906. The third-order valence-corrected chi connectivity index (χ3v) is 3.72. The summed E-state index contributed by atoms with van der Waals surface area (Å²) in [6.45, 7) is 2.15. The number of primary sulfonamides is 1. The second-order valence-corrected chi connectivity index (χ2v) is 6.18. The van der Waals surface area contributed by atoms with Gasteiger partial charge in [-0.1, -0.05) is 0 Å². The molecule has 17 heavy (non-hydrogen) atoms. The van der Waals surface area contributed by atoms with Crippen molar-refractivity contribution >= 4 is 15.9 Å². The molecule has 1 fully saturated rings. The summed E-state index contributed by atoms with van der Waals surface area (Å²) in [5, 5.41) is 10.7. The van der Waals surface area contributed by atoms with Crippen molar-refractivity contribution in [3.8, 4) is 0 Å². The van der Waals surface area contributed by atoms with Gasteiger partial charge in [0.1, 0.15) is 0 Å². The van der Waals surface area contributed by atoms with Crippen LogP contribution < -0.4 is 15.8 Å². The Labute approximate surface area is 102 Å². The number of hydrogen-bond donors (Lipinski definition) is 3. The van der Waals surface area contributed by atoms with Crippen LogP contribution in [0.1, 0.15) is 25.7 Å². The molecule has 0 aliphatic carbocycles. The zero-order valence-corrected chi connectivity index (χ0v) is 10.8. The van der Waals surface area contributed by atoms with Crippen LogP contribution in [0, 0.1) is 5.92 Å². The fourth-order valence-corrected chi connectivity index (χ4v) is 2.31. The van der Waals surface area contributed by atoms with E-state index in [-0.39, 0.29) is 18.2 Å². The first-order valence-electron chi connectivity index (χ1n) is 5.95. The van der Waals surface area contributed by atoms with Crippen molar-refractivity contribution < 1.29 is 13.2 Å². The van der Waals surface area contributed by atoms with Gasteiger partial charge in [0.05, 0.1) is 5.75 Å². The smallest absolute Gasteiger partial charge is 0.220 e. The standard InChI is InChI=1S/C10H21N3O3S/c11-17(15,16)8-7-13-10(14)2-1-9-3-5-12-6-4-9/h9,12H,1-8H2,(H,13,14)(H2,11,15,16). The average molecular weight is 263 g/mol. The van der Waals surface area contributed by atoms with Gasteiger partial charge in [-0.05, 0) is 38.3 Å². The first-order valence-corrected chi connectivity index (χ1v) is 7.67. The SMILES string of the molecule is NS(=O)(=O)CCNC(=O)CCC1CCNCC1. The van der Waals surface area contributed by atoms with E-state index in [2.05, 4.69) is 10.6 Å². The van der Waals surface area contributed by atoms with Crippen LogP contribution >= 0.6 is 0 Å². The van der Waals surface area contributed by atoms with Crippen LogP contribution in [0.2, 0.25) is 0 Å². The largest absolute Gasteiger partial charge is 0.355 e. The molecule has 0 saturated carbocycles. The maximum Gasteiger partial charge on any atom is 0.220 e. The highest BCUT2D eigenvalue weighted by Gasteiger charge is 2.14. The van der Waals surface area contributed by atoms with Gasteiger partial charge < -0.3 is 10.6 Å². The van der Waals surface area contributed by atoms with E-state index in [4.69, 9.17) is 5.14 Å². The molecule has 1 saturated heterocycles. The summed E-state index contributed by atoms with van der Waals surface area (Å²) < 4.78 is 21.3. The van der Waals surface area contributed by atoms with E-state index in [0.29, 0.717) is 12.3 Å². The Hall–Kier alpha value is -0.660. The van der Waals surface area contributed by atoms with E-state index >= 15 is 0 Å². The Morgan fingerprint density at radius 2 is 2.00 bits per heavy atom. The summed E-state index contributed by atoms with van der Waals surface area (Å²) in [7, 11) is -3.48. The van der Waals surface area contributed by atoms with Crippen molar-refractivity contribution in [3.05, 3.63) is 0 Å². The van der Waals surface area contributed by atoms with Crippen LogP contribution in [0.15, 0.2) is 0 Å². The van der Waals surface area contributed by atoms with Crippen molar-refractivity contribution in [2.45, 2.75) is 25.7 Å². The molecule has 0 aromatic rings. The van der Waals surface area contributed by atoms with Crippen LogP contribution in [0.3, 0.4) is 0 Å². The van der Waals surface area contributed by atoms with Crippen molar-refractivity contribution in [2.24, 2.45) is 11.1 Å². The molecule has 0 spiro atoms. The Morgan fingerprint density at radius 3 is 2.59 bits per heavy atom. The molecular weight excluding hydrogens is 242 g/mol. The fraction of sp³-hybridized carbons (Fsp3) is 0.900. The molecule has 0 aromatic heterocycles. The number of carbonyl (C=O) groups is 1. The van der Waals surface area contributed by atoms with Gasteiger partial charge in [-0.3, -0.25) is 4.79 Å². The topological polar surface area (TPSA) is 101 Å². The van der Waals surface area contributed by atoms with E-state index in [1.165, 1.54) is 0 Å². The third-order valence-electron chi connectivity index (χ3n) is 2.95. The zero-order chi connectivity index (χ0) is 12.7. The predicted molar refractivity (Wildman–Crippen MR) is 65.8 cm³/mol. The second kappa shape index (κ2) is 6.93. The summed E-state index contributed by atoms with van der Waals surface area (Å²) >= 11 is 0. The maximum atomic E-state index is 11.4. The fourth-order valence-electron chi connectivity index (χ4n) is 1.93. The van der Waals surface area contributed by atoms with Crippen LogP contribution in [0.25, 0.3) is 0 Å². The van der Waals surface area contributed by atoms with Crippen LogP contribution in [0.5, 0.6) is 0 Å². The van der Waals surface area contributed by atoms with Gasteiger partial charge in [0.2, 0.25) is 15.9 Å². The number of carbonyl (C=O) groups excluding carboxylic acids is 1. The lowest BCUT2D eigenvalue weighted by Gasteiger charge is -2.22. The molecule has 100 valence electrons. The van der Waals surface area contributed by atoms with Gasteiger partial charge in [-0.15, -0.1) is 0 Å². The molecule has 6 nitrogen and oxygen atoms in total. The quantitative estimate of drug-likeness (QED) is 0.582. The number of rotatable bonds is 6. The molecular formula is C10H21N3O3S. The minimum Gasteiger partial charge on any atom is -0.355 e. The number of nitrogens with one attached hydrogen (secondary N) is 2. The third kappa shape index (κ3) is 7.30. The minimum atomic E-state index is -3.48. The number of amides is 1. The molecule has 1 amide bonds. The van der Waals surface area contributed by atoms with Crippen molar-refractivity contribution in [1.82, 2.24) is 10.6 Å². The Morgan fingerprint density at radius 1 is 1.35 bits per heavy atom. The number of nitrogens with two attached hydrogens (primary N) is 1. The Kier molecular flexibility index (Phi) is 5.87. The molecule has 0 aromatic carbocycles. The molecule has 0 atom stereocenters. The lowest BCUT2D eigenvalue weighted by Crippen LogP contribution is -2.32. The van der Waals surface area contributed by atoms with Gasteiger partial charge in [-0.2, -0.15) is 0 Å². The Balaban J connectivity index is 2.08. The van der Waals surface area contributed by atoms with Crippen molar-refractivity contribution in [1.29, 1.82) is 0 Å². The van der Waals surface area contributed by atoms with E-state index < -0.39 is 10.0 Å². The van der Waals surface area contributed by atoms with E-state index in [1.807, 2.05) is 0 Å². The zero-order valence-electron chi connectivity index (χ0n) is 9.94. The monoisotopic (exact) mass is 263 g/mol. The molecule has 1 aliphatic rings. The molecule has 1 aliphatic heterocycles. The van der Waals surface area contributed by atoms with Crippen LogP contribution in [-0.2, 0) is 14.8 Å². The number of hydrogen-bond acceptors (Lipinski definition) is 4. The molecule has 0 unspecified atom stereocenters. The molecule has 1 heterocycles. The first-order chi connectivity index (χ1) is 7.97. The molecule has 0 radical (unpaired) electrons. The van der Waals surface area contributed by atoms with E-state index in [9.17, 15) is 13.2 Å². The number of piperidine rings is 1. The van der Waals surface area contributed by atoms with Gasteiger partial charge in [-0.25, -0.2) is 13.6 Å². The van der Waals surface area contributed by atoms with Gasteiger partial charge in [0, 0.05) is 13.0 Å². The lowest BCUT2D eigenvalue weighted by atomic mass is 9.93. The lowest BCUT2D eigenvalue weighted by molar-refractivity contribution is -0.121. The van der Waals surface area contributed by atoms with Crippen molar-refractivity contribution in [3.63, 3.8) is 0 Å². The first kappa shape index (κ1) is 14.4. The van der Waals surface area contributed by atoms with Crippen molar-refractivity contribution in [2.75, 3.05) is 25.4 Å². The second-order valence-electron chi connectivity index (χ2n) is 4.45. The summed E-state index contributed by atoms with van der Waals surface area (Å²) in [4.78, 5) is 11.4. The Bertz CT molecular complexity index is 337. The molecule has 4 N–H and O–H groups in total. The van der Waals surface area contributed by atoms with E-state index in [1.54, 1.807) is 0 Å². The molecule has 0 bridgehead atoms. The summed E-state index contributed by atoms with van der Waals surface area (Å²) in [5.41, 5.74) is 0. The summed E-state index contributed by atoms with van der Waals surface area (Å²) in [5.74, 6) is 0.318. The summed E-state index contributed by atoms with van der Waals surface area (Å²) in [6, 6.07) is 0. The highest BCUT2D eigenvalue weighted by Crippen LogP contribution is 2.17. The predicted octanol–water partition coefficient (Wildman–Crippen LogP) is -0.829. The van der Waals surface area contributed by atoms with Gasteiger partial charge >= 0.3 is 0 Å². The summed E-state index contributed by atoms with van der Waals surface area (Å²) in [6.07, 6.45) is 3.58.